The van der Waals surface area contributed by atoms with Crippen LogP contribution in [0.2, 0.25) is 0 Å². The van der Waals surface area contributed by atoms with E-state index in [2.05, 4.69) is 34.5 Å². The van der Waals surface area contributed by atoms with E-state index in [1.807, 2.05) is 36.4 Å². The minimum absolute atomic E-state index is 0.0330. The third-order valence-electron chi connectivity index (χ3n) is 8.66. The van der Waals surface area contributed by atoms with Crippen molar-refractivity contribution in [2.75, 3.05) is 31.2 Å². The van der Waals surface area contributed by atoms with E-state index in [1.165, 1.54) is 80.2 Å². The van der Waals surface area contributed by atoms with Crippen LogP contribution in [0.1, 0.15) is 103 Å². The van der Waals surface area contributed by atoms with Crippen LogP contribution < -0.4 is 26.4 Å². The van der Waals surface area contributed by atoms with Gasteiger partial charge in [0.15, 0.2) is 0 Å². The van der Waals surface area contributed by atoms with Crippen molar-refractivity contribution in [1.29, 1.82) is 0 Å². The number of hydrogen-bond acceptors (Lipinski definition) is 9. The van der Waals surface area contributed by atoms with Crippen molar-refractivity contribution in [3.8, 4) is 5.75 Å². The highest BCUT2D eigenvalue weighted by Gasteiger charge is 2.33. The zero-order chi connectivity index (χ0) is 36.2. The van der Waals surface area contributed by atoms with Gasteiger partial charge in [-0.3, -0.25) is 13.9 Å². The number of allylic oxidation sites excluding steroid dienone is 2. The van der Waals surface area contributed by atoms with Crippen molar-refractivity contribution in [2.45, 2.75) is 108 Å². The van der Waals surface area contributed by atoms with E-state index in [0.717, 1.165) is 36.5 Å². The molecule has 0 spiro atoms. The lowest BCUT2D eigenvalue weighted by molar-refractivity contribution is -0.121. The van der Waals surface area contributed by atoms with Gasteiger partial charge in [-0.15, -0.1) is 11.8 Å². The van der Waals surface area contributed by atoms with Crippen LogP contribution in [0.5, 0.6) is 5.75 Å². The Balaban J connectivity index is 1.16. The van der Waals surface area contributed by atoms with Crippen LogP contribution in [0.25, 0.3) is 10.8 Å². The molecule has 3 aromatic rings. The number of fused-ring (bicyclic) bond motifs is 1. The number of nitrogen functional groups attached to an aromatic ring is 1. The van der Waals surface area contributed by atoms with Gasteiger partial charge in [-0.05, 0) is 49.6 Å². The Morgan fingerprint density at radius 1 is 0.980 bits per heavy atom. The van der Waals surface area contributed by atoms with Crippen molar-refractivity contribution < 1.29 is 23.1 Å². The second kappa shape index (κ2) is 22.7. The second-order valence-corrected chi connectivity index (χ2v) is 15.8. The molecule has 2 unspecified atom stereocenters. The summed E-state index contributed by atoms with van der Waals surface area (Å²) >= 11 is 1.43. The maximum atomic E-state index is 14.1. The monoisotopic (exact) mass is 741 g/mol. The summed E-state index contributed by atoms with van der Waals surface area (Å²) in [4.78, 5) is 28.5. The zero-order valence-electron chi connectivity index (χ0n) is 30.0. The maximum Gasteiger partial charge on any atom is 0.458 e. The molecule has 1 aliphatic heterocycles. The molecule has 0 saturated carbocycles. The number of carbonyl (C=O) groups is 1. The predicted molar refractivity (Wildman–Crippen MR) is 208 cm³/mol. The third kappa shape index (κ3) is 14.8. The van der Waals surface area contributed by atoms with Gasteiger partial charge in [0.1, 0.15) is 23.2 Å². The van der Waals surface area contributed by atoms with E-state index in [4.69, 9.17) is 19.5 Å². The first-order valence-electron chi connectivity index (χ1n) is 18.6. The average Bonchev–Trinajstić information content (AvgIpc) is 3.60. The van der Waals surface area contributed by atoms with Crippen LogP contribution in [-0.2, 0) is 18.6 Å². The molecule has 11 nitrogen and oxygen atoms in total. The summed E-state index contributed by atoms with van der Waals surface area (Å²) in [5.41, 5.74) is 4.61. The number of nitrogens with one attached hydrogen (secondary N) is 2. The Bertz CT molecular complexity index is 1620. The lowest BCUT2D eigenvalue weighted by Crippen LogP contribution is -2.32. The quantitative estimate of drug-likeness (QED) is 0.0439. The number of nitrogens with zero attached hydrogens (tertiary/aromatic N) is 2. The number of nitrogens with two attached hydrogens (primary N) is 1. The Kier molecular flexibility index (Phi) is 18.1. The number of unbranched alkanes of at least 4 members (excludes halogenated alkanes) is 11. The van der Waals surface area contributed by atoms with E-state index < -0.39 is 25.1 Å². The molecule has 0 radical (unpaired) electrons. The summed E-state index contributed by atoms with van der Waals surface area (Å²) in [6.45, 7) is 2.63. The minimum atomic E-state index is -3.92. The van der Waals surface area contributed by atoms with E-state index in [1.54, 1.807) is 12.3 Å². The lowest BCUT2D eigenvalue weighted by atomic mass is 10.1. The highest BCUT2D eigenvalue weighted by atomic mass is 32.2. The van der Waals surface area contributed by atoms with Crippen molar-refractivity contribution in [1.82, 2.24) is 20.0 Å². The van der Waals surface area contributed by atoms with Gasteiger partial charge in [0.25, 0.3) is 0 Å². The molecule has 2 heterocycles. The summed E-state index contributed by atoms with van der Waals surface area (Å²) in [5, 5.41) is 7.55. The Morgan fingerprint density at radius 3 is 2.45 bits per heavy atom. The smallest absolute Gasteiger partial charge is 0.413 e. The van der Waals surface area contributed by atoms with Crippen LogP contribution in [0.15, 0.2) is 71.7 Å². The molecule has 0 bridgehead atoms. The summed E-state index contributed by atoms with van der Waals surface area (Å²) in [6.07, 6.45) is 21.9. The molecule has 13 heteroatoms. The predicted octanol–water partition coefficient (Wildman–Crippen LogP) is 8.51. The van der Waals surface area contributed by atoms with Gasteiger partial charge in [0.05, 0.1) is 6.61 Å². The number of hydrogen-bond donors (Lipinski definition) is 3. The number of ether oxygens (including phenoxy) is 1. The number of rotatable bonds is 25. The molecule has 1 saturated heterocycles. The van der Waals surface area contributed by atoms with Crippen molar-refractivity contribution >= 4 is 42.0 Å². The molecule has 1 aromatic heterocycles. The van der Waals surface area contributed by atoms with E-state index in [0.29, 0.717) is 17.9 Å². The molecule has 2 aromatic carbocycles. The second-order valence-electron chi connectivity index (χ2n) is 12.9. The molecule has 1 aliphatic rings. The Morgan fingerprint density at radius 2 is 1.69 bits per heavy atom. The van der Waals surface area contributed by atoms with Crippen molar-refractivity contribution in [2.24, 2.45) is 0 Å². The molecule has 0 aliphatic carbocycles. The van der Waals surface area contributed by atoms with Crippen molar-refractivity contribution in [3.05, 3.63) is 77.4 Å². The summed E-state index contributed by atoms with van der Waals surface area (Å²) in [6, 6.07) is 14.7. The Hall–Kier alpha value is -3.15. The first-order chi connectivity index (χ1) is 24.9. The molecule has 280 valence electrons. The molecule has 1 amide bonds. The zero-order valence-corrected chi connectivity index (χ0v) is 31.7. The van der Waals surface area contributed by atoms with Gasteiger partial charge < -0.3 is 20.3 Å². The fourth-order valence-electron chi connectivity index (χ4n) is 5.83. The molecule has 4 N–H and O–H groups in total. The fourth-order valence-corrected chi connectivity index (χ4v) is 8.26. The van der Waals surface area contributed by atoms with Crippen LogP contribution in [0, 0.1) is 0 Å². The SMILES string of the molecule is CCCCCCCC/C=C\CCCCCCCC(=O)NCCNP(=O)(OC[C@@H]1OC(n2ccc(N)nc2=O)CS1)Oc1cccc2ccccc12. The van der Waals surface area contributed by atoms with E-state index in [-0.39, 0.29) is 31.4 Å². The summed E-state index contributed by atoms with van der Waals surface area (Å²) < 4.78 is 33.4. The molecular formula is C38H56N5O6PS. The van der Waals surface area contributed by atoms with Crippen LogP contribution in [0.4, 0.5) is 5.82 Å². The topological polar surface area (TPSA) is 147 Å². The molecule has 51 heavy (non-hydrogen) atoms. The van der Waals surface area contributed by atoms with Gasteiger partial charge >= 0.3 is 13.4 Å². The maximum absolute atomic E-state index is 14.1. The Labute approximate surface area is 307 Å². The number of benzene rings is 2. The van der Waals surface area contributed by atoms with Crippen LogP contribution in [0.3, 0.4) is 0 Å². The number of carbonyl (C=O) groups excluding carboxylic acids is 1. The van der Waals surface area contributed by atoms with E-state index >= 15 is 0 Å². The highest BCUT2D eigenvalue weighted by Crippen LogP contribution is 2.47. The highest BCUT2D eigenvalue weighted by molar-refractivity contribution is 8.00. The number of anilines is 1. The fraction of sp³-hybridized carbons (Fsp3) is 0.553. The first kappa shape index (κ1) is 40.6. The van der Waals surface area contributed by atoms with Crippen LogP contribution in [-0.4, -0.2) is 46.3 Å². The normalized spacial score (nSPS) is 17.2. The third-order valence-corrected chi connectivity index (χ3v) is 11.3. The minimum Gasteiger partial charge on any atom is -0.413 e. The number of aromatic nitrogens is 2. The van der Waals surface area contributed by atoms with Crippen LogP contribution >= 0.6 is 19.5 Å². The van der Waals surface area contributed by atoms with Gasteiger partial charge in [-0.2, -0.15) is 4.98 Å². The lowest BCUT2D eigenvalue weighted by Gasteiger charge is -2.22. The van der Waals surface area contributed by atoms with Gasteiger partial charge in [0.2, 0.25) is 5.91 Å². The summed E-state index contributed by atoms with van der Waals surface area (Å²) in [7, 11) is -3.92. The van der Waals surface area contributed by atoms with Gasteiger partial charge in [-0.1, -0.05) is 107 Å². The first-order valence-corrected chi connectivity index (χ1v) is 21.2. The average molecular weight is 742 g/mol. The van der Waals surface area contributed by atoms with Gasteiger partial charge in [-0.25, -0.2) is 14.4 Å². The number of thioether (sulfide) groups is 1. The number of amides is 1. The largest absolute Gasteiger partial charge is 0.458 e. The molecule has 1 fully saturated rings. The molecule has 4 rings (SSSR count). The molecule has 3 atom stereocenters. The standard InChI is InChI=1S/C38H56N5O6PS/c1-2-3-4-5-6-7-8-9-10-11-12-13-14-15-16-24-35(44)40-26-27-41-50(46,49-33-23-19-21-31-20-17-18-22-32(31)33)47-29-37-48-36(30-51-37)43-28-25-34(39)42-38(43)45/h9-10,17-23,25,28,36-37H,2-8,11-16,24,26-27,29-30H2,1H3,(H,40,44)(H,41,46)(H2,39,42,45)/b10-9-/t36?,37-,50?/m1/s1. The van der Waals surface area contributed by atoms with Crippen molar-refractivity contribution in [3.63, 3.8) is 0 Å². The van der Waals surface area contributed by atoms with Gasteiger partial charge in [0, 0.05) is 36.8 Å². The summed E-state index contributed by atoms with van der Waals surface area (Å²) in [5.74, 6) is 0.993. The molecular weight excluding hydrogens is 685 g/mol. The van der Waals surface area contributed by atoms with E-state index in [9.17, 15) is 14.2 Å².